The van der Waals surface area contributed by atoms with Crippen LogP contribution in [0.2, 0.25) is 0 Å². The Morgan fingerprint density at radius 2 is 2.06 bits per heavy atom. The zero-order valence-electron chi connectivity index (χ0n) is 11.1. The molecule has 2 rings (SSSR count). The normalized spacial score (nSPS) is 10.6. The molecule has 2 aromatic rings. The number of H-pyrrole nitrogens is 1. The van der Waals surface area contributed by atoms with Crippen molar-refractivity contribution in [2.45, 2.75) is 33.6 Å². The van der Waals surface area contributed by atoms with Crippen LogP contribution in [0, 0.1) is 13.8 Å². The first-order valence-corrected chi connectivity index (χ1v) is 6.27. The number of nitrogens with zero attached hydrogens (tertiary/aromatic N) is 1. The van der Waals surface area contributed by atoms with Gasteiger partial charge in [0.2, 0.25) is 0 Å². The summed E-state index contributed by atoms with van der Waals surface area (Å²) in [5, 5.41) is 0. The smallest absolute Gasteiger partial charge is 0.254 e. The molecule has 0 radical (unpaired) electrons. The van der Waals surface area contributed by atoms with Gasteiger partial charge in [0.05, 0.1) is 12.0 Å². The van der Waals surface area contributed by atoms with E-state index in [0.29, 0.717) is 0 Å². The molecule has 0 spiro atoms. The van der Waals surface area contributed by atoms with E-state index in [1.807, 2.05) is 6.92 Å². The van der Waals surface area contributed by atoms with Gasteiger partial charge < -0.3 is 4.98 Å². The molecule has 3 heteroatoms. The van der Waals surface area contributed by atoms with E-state index in [-0.39, 0.29) is 5.56 Å². The highest BCUT2D eigenvalue weighted by atomic mass is 16.1. The molecule has 0 atom stereocenters. The van der Waals surface area contributed by atoms with Crippen molar-refractivity contribution in [3.63, 3.8) is 0 Å². The molecule has 0 aliphatic carbocycles. The van der Waals surface area contributed by atoms with Gasteiger partial charge in [-0.25, -0.2) is 4.98 Å². The second kappa shape index (κ2) is 5.17. The van der Waals surface area contributed by atoms with E-state index in [4.69, 9.17) is 0 Å². The first-order valence-electron chi connectivity index (χ1n) is 6.27. The number of benzene rings is 1. The summed E-state index contributed by atoms with van der Waals surface area (Å²) in [6.07, 6.45) is 3.18. The number of aromatic amines is 1. The lowest BCUT2D eigenvalue weighted by Crippen LogP contribution is -2.15. The molecule has 0 saturated carbocycles. The van der Waals surface area contributed by atoms with E-state index < -0.39 is 0 Å². The highest BCUT2D eigenvalue weighted by Gasteiger charge is 2.12. The Balaban J connectivity index is 2.67. The Kier molecular flexibility index (Phi) is 3.60. The van der Waals surface area contributed by atoms with Crippen molar-refractivity contribution in [1.82, 2.24) is 9.97 Å². The van der Waals surface area contributed by atoms with Crippen molar-refractivity contribution >= 4 is 0 Å². The minimum absolute atomic E-state index is 0.0252. The average Bonchev–Trinajstić information content (AvgIpc) is 2.35. The summed E-state index contributed by atoms with van der Waals surface area (Å²) < 4.78 is 0. The Bertz CT molecular complexity index is 614. The van der Waals surface area contributed by atoms with Gasteiger partial charge in [-0.1, -0.05) is 31.0 Å². The molecule has 0 aliphatic heterocycles. The van der Waals surface area contributed by atoms with Gasteiger partial charge in [-0.3, -0.25) is 4.79 Å². The Labute approximate surface area is 107 Å². The summed E-state index contributed by atoms with van der Waals surface area (Å²) in [6, 6.07) is 6.24. The number of hydrogen-bond donors (Lipinski definition) is 1. The van der Waals surface area contributed by atoms with E-state index in [1.54, 1.807) is 0 Å². The van der Waals surface area contributed by atoms with Crippen LogP contribution < -0.4 is 5.56 Å². The summed E-state index contributed by atoms with van der Waals surface area (Å²) in [4.78, 5) is 18.9. The molecule has 0 saturated heterocycles. The van der Waals surface area contributed by atoms with Crippen LogP contribution in [0.5, 0.6) is 0 Å². The summed E-state index contributed by atoms with van der Waals surface area (Å²) in [6.45, 7) is 6.17. The zero-order chi connectivity index (χ0) is 13.1. The number of aryl methyl sites for hydroxylation is 2. The molecular formula is C15H18N2O. The van der Waals surface area contributed by atoms with E-state index in [1.165, 1.54) is 11.9 Å². The minimum Gasteiger partial charge on any atom is -0.313 e. The monoisotopic (exact) mass is 242 g/mol. The van der Waals surface area contributed by atoms with Crippen molar-refractivity contribution in [1.29, 1.82) is 0 Å². The molecule has 0 unspecified atom stereocenters. The van der Waals surface area contributed by atoms with Crippen LogP contribution in [-0.4, -0.2) is 9.97 Å². The molecule has 1 N–H and O–H groups in total. The summed E-state index contributed by atoms with van der Waals surface area (Å²) in [7, 11) is 0. The summed E-state index contributed by atoms with van der Waals surface area (Å²) >= 11 is 0. The molecule has 0 bridgehead atoms. The first-order chi connectivity index (χ1) is 8.63. The van der Waals surface area contributed by atoms with Gasteiger partial charge in [-0.2, -0.15) is 0 Å². The van der Waals surface area contributed by atoms with Crippen molar-refractivity contribution in [3.8, 4) is 11.3 Å². The lowest BCUT2D eigenvalue weighted by Gasteiger charge is -2.10. The molecule has 94 valence electrons. The molecule has 1 aromatic carbocycles. The Hall–Kier alpha value is -1.90. The van der Waals surface area contributed by atoms with Crippen LogP contribution in [0.25, 0.3) is 11.3 Å². The number of nitrogens with one attached hydrogen (secondary N) is 1. The van der Waals surface area contributed by atoms with Gasteiger partial charge in [0.1, 0.15) is 0 Å². The minimum atomic E-state index is -0.0252. The van der Waals surface area contributed by atoms with Crippen molar-refractivity contribution in [2.75, 3.05) is 0 Å². The maximum absolute atomic E-state index is 11.9. The van der Waals surface area contributed by atoms with E-state index >= 15 is 0 Å². The highest BCUT2D eigenvalue weighted by molar-refractivity contribution is 5.67. The number of aromatic nitrogens is 2. The molecular weight excluding hydrogens is 224 g/mol. The standard InChI is InChI=1S/C15H18N2O/c1-4-5-12-14(16-9-17-15(12)18)13-8-10(2)6-7-11(13)3/h6-9H,4-5H2,1-3H3,(H,16,17,18). The highest BCUT2D eigenvalue weighted by Crippen LogP contribution is 2.24. The van der Waals surface area contributed by atoms with Gasteiger partial charge in [0.15, 0.2) is 0 Å². The molecule has 3 nitrogen and oxygen atoms in total. The van der Waals surface area contributed by atoms with Gasteiger partial charge in [0.25, 0.3) is 5.56 Å². The predicted octanol–water partition coefficient (Wildman–Crippen LogP) is 3.01. The quantitative estimate of drug-likeness (QED) is 0.899. The van der Waals surface area contributed by atoms with Crippen LogP contribution in [0.1, 0.15) is 30.0 Å². The van der Waals surface area contributed by atoms with Crippen LogP contribution in [-0.2, 0) is 6.42 Å². The third kappa shape index (κ3) is 2.35. The van der Waals surface area contributed by atoms with Crippen molar-refractivity contribution in [3.05, 3.63) is 51.6 Å². The first kappa shape index (κ1) is 12.6. The summed E-state index contributed by atoms with van der Waals surface area (Å²) in [5.41, 5.74) is 4.97. The fraction of sp³-hybridized carbons (Fsp3) is 0.333. The fourth-order valence-electron chi connectivity index (χ4n) is 2.13. The van der Waals surface area contributed by atoms with Gasteiger partial charge in [-0.15, -0.1) is 0 Å². The van der Waals surface area contributed by atoms with Crippen LogP contribution in [0.3, 0.4) is 0 Å². The second-order valence-corrected chi connectivity index (χ2v) is 4.63. The molecule has 18 heavy (non-hydrogen) atoms. The third-order valence-electron chi connectivity index (χ3n) is 3.10. The zero-order valence-corrected chi connectivity index (χ0v) is 11.1. The van der Waals surface area contributed by atoms with Crippen LogP contribution >= 0.6 is 0 Å². The predicted molar refractivity (Wildman–Crippen MR) is 73.8 cm³/mol. The van der Waals surface area contributed by atoms with Crippen molar-refractivity contribution in [2.24, 2.45) is 0 Å². The SMILES string of the molecule is CCCc1c(-c2cc(C)ccc2C)nc[nH]c1=O. The molecule has 0 aliphatic rings. The van der Waals surface area contributed by atoms with Crippen LogP contribution in [0.15, 0.2) is 29.3 Å². The van der Waals surface area contributed by atoms with Crippen LogP contribution in [0.4, 0.5) is 0 Å². The Morgan fingerprint density at radius 3 is 2.78 bits per heavy atom. The second-order valence-electron chi connectivity index (χ2n) is 4.63. The van der Waals surface area contributed by atoms with Gasteiger partial charge in [0, 0.05) is 11.1 Å². The maximum atomic E-state index is 11.9. The lowest BCUT2D eigenvalue weighted by atomic mass is 9.98. The molecule has 1 heterocycles. The van der Waals surface area contributed by atoms with Crippen molar-refractivity contribution < 1.29 is 0 Å². The van der Waals surface area contributed by atoms with E-state index in [9.17, 15) is 4.79 Å². The molecule has 1 aromatic heterocycles. The summed E-state index contributed by atoms with van der Waals surface area (Å²) in [5.74, 6) is 0. The fourth-order valence-corrected chi connectivity index (χ4v) is 2.13. The third-order valence-corrected chi connectivity index (χ3v) is 3.10. The van der Waals surface area contributed by atoms with E-state index in [2.05, 4.69) is 42.0 Å². The van der Waals surface area contributed by atoms with Gasteiger partial charge in [-0.05, 0) is 31.9 Å². The molecule has 0 amide bonds. The largest absolute Gasteiger partial charge is 0.313 e. The Morgan fingerprint density at radius 1 is 1.28 bits per heavy atom. The van der Waals surface area contributed by atoms with Gasteiger partial charge >= 0.3 is 0 Å². The van der Waals surface area contributed by atoms with E-state index in [0.717, 1.165) is 35.2 Å². The lowest BCUT2D eigenvalue weighted by molar-refractivity contribution is 0.887. The molecule has 0 fully saturated rings. The number of hydrogen-bond acceptors (Lipinski definition) is 2. The topological polar surface area (TPSA) is 45.8 Å². The number of rotatable bonds is 3. The average molecular weight is 242 g/mol. The maximum Gasteiger partial charge on any atom is 0.254 e.